The minimum Gasteiger partial charge on any atom is -0.265 e. The summed E-state index contributed by atoms with van der Waals surface area (Å²) in [4.78, 5) is 8.55. The molecule has 3 aromatic rings. The first-order valence-electron chi connectivity index (χ1n) is 6.81. The number of benzene rings is 1. The minimum absolute atomic E-state index is 0.0217. The first-order valence-corrected chi connectivity index (χ1v) is 7.18. The van der Waals surface area contributed by atoms with Gasteiger partial charge in [0.2, 0.25) is 0 Å². The molecule has 2 heterocycles. The fourth-order valence-corrected chi connectivity index (χ4v) is 2.31. The second-order valence-electron chi connectivity index (χ2n) is 4.65. The van der Waals surface area contributed by atoms with Crippen LogP contribution in [0, 0.1) is 0 Å². The second kappa shape index (κ2) is 6.91. The fraction of sp³-hybridized carbons (Fsp3) is 0.0588. The molecule has 2 aromatic heterocycles. The summed E-state index contributed by atoms with van der Waals surface area (Å²) < 4.78 is 0. The van der Waals surface area contributed by atoms with Crippen LogP contribution in [0.4, 0.5) is 5.69 Å². The quantitative estimate of drug-likeness (QED) is 0.683. The van der Waals surface area contributed by atoms with Gasteiger partial charge in [0.15, 0.2) is 5.15 Å². The summed E-state index contributed by atoms with van der Waals surface area (Å²) in [7, 11) is 0. The highest BCUT2D eigenvalue weighted by Crippen LogP contribution is 2.25. The van der Waals surface area contributed by atoms with Crippen molar-refractivity contribution in [1.82, 2.24) is 15.2 Å². The molecule has 3 rings (SSSR count). The molecule has 22 heavy (non-hydrogen) atoms. The smallest absolute Gasteiger partial charge is 0.177 e. The Morgan fingerprint density at radius 1 is 0.909 bits per heavy atom. The van der Waals surface area contributed by atoms with E-state index in [9.17, 15) is 0 Å². The van der Waals surface area contributed by atoms with Gasteiger partial charge in [0, 0.05) is 24.5 Å². The van der Waals surface area contributed by atoms with Crippen molar-refractivity contribution >= 4 is 23.5 Å². The van der Waals surface area contributed by atoms with E-state index in [1.807, 2.05) is 36.5 Å². The number of aromatic nitrogens is 3. The predicted molar refractivity (Wildman–Crippen MR) is 87.7 cm³/mol. The lowest BCUT2D eigenvalue weighted by atomic mass is 9.93. The van der Waals surface area contributed by atoms with Gasteiger partial charge in [0.25, 0.3) is 0 Å². The monoisotopic (exact) mass is 308 g/mol. The zero-order chi connectivity index (χ0) is 15.2. The first kappa shape index (κ1) is 14.4. The molecule has 0 N–H and O–H groups in total. The number of aliphatic imine (C=N–C) groups is 1. The third-order valence-electron chi connectivity index (χ3n) is 3.24. The van der Waals surface area contributed by atoms with Crippen LogP contribution in [0.15, 0.2) is 72.1 Å². The molecule has 0 saturated carbocycles. The second-order valence-corrected chi connectivity index (χ2v) is 5.01. The van der Waals surface area contributed by atoms with Crippen molar-refractivity contribution in [3.05, 3.63) is 83.4 Å². The van der Waals surface area contributed by atoms with E-state index in [2.05, 4.69) is 32.3 Å². The van der Waals surface area contributed by atoms with Crippen molar-refractivity contribution in [2.75, 3.05) is 0 Å². The maximum Gasteiger partial charge on any atom is 0.177 e. The number of hydrogen-bond donors (Lipinski definition) is 0. The number of pyridine rings is 1. The molecule has 108 valence electrons. The average molecular weight is 309 g/mol. The van der Waals surface area contributed by atoms with Crippen molar-refractivity contribution < 1.29 is 0 Å². The van der Waals surface area contributed by atoms with Crippen molar-refractivity contribution in [2.45, 2.75) is 5.92 Å². The predicted octanol–water partition coefficient (Wildman–Crippen LogP) is 4.06. The van der Waals surface area contributed by atoms with E-state index in [1.54, 1.807) is 24.7 Å². The molecule has 4 nitrogen and oxygen atoms in total. The molecular weight excluding hydrogens is 296 g/mol. The number of hydrogen-bond acceptors (Lipinski definition) is 4. The van der Waals surface area contributed by atoms with E-state index in [-0.39, 0.29) is 5.92 Å². The average Bonchev–Trinajstić information content (AvgIpc) is 2.59. The Hall–Kier alpha value is -2.59. The van der Waals surface area contributed by atoms with E-state index in [1.165, 1.54) is 0 Å². The van der Waals surface area contributed by atoms with E-state index in [4.69, 9.17) is 11.6 Å². The highest BCUT2D eigenvalue weighted by Gasteiger charge is 2.11. The van der Waals surface area contributed by atoms with Gasteiger partial charge in [0.1, 0.15) is 5.69 Å². The van der Waals surface area contributed by atoms with Gasteiger partial charge in [-0.25, -0.2) is 0 Å². The third-order valence-corrected chi connectivity index (χ3v) is 3.51. The topological polar surface area (TPSA) is 51.0 Å². The van der Waals surface area contributed by atoms with Crippen LogP contribution < -0.4 is 0 Å². The molecule has 0 bridgehead atoms. The van der Waals surface area contributed by atoms with Crippen LogP contribution in [0.2, 0.25) is 5.15 Å². The lowest BCUT2D eigenvalue weighted by Crippen LogP contribution is -2.02. The summed E-state index contributed by atoms with van der Waals surface area (Å²) in [6, 6.07) is 15.9. The Bertz CT molecular complexity index is 720. The molecule has 0 radical (unpaired) electrons. The van der Waals surface area contributed by atoms with Crippen LogP contribution in [0.3, 0.4) is 0 Å². The zero-order valence-corrected chi connectivity index (χ0v) is 12.4. The molecule has 0 aliphatic rings. The van der Waals surface area contributed by atoms with E-state index in [0.717, 1.165) is 11.1 Å². The number of halogens is 1. The molecular formula is C17H13ClN4. The Labute approximate surface area is 133 Å². The molecule has 1 unspecified atom stereocenters. The minimum atomic E-state index is 0.0217. The van der Waals surface area contributed by atoms with Crippen LogP contribution >= 0.6 is 11.6 Å². The van der Waals surface area contributed by atoms with Crippen LogP contribution in [-0.2, 0) is 0 Å². The maximum absolute atomic E-state index is 6.00. The van der Waals surface area contributed by atoms with Gasteiger partial charge >= 0.3 is 0 Å². The Kier molecular flexibility index (Phi) is 4.51. The van der Waals surface area contributed by atoms with Crippen LogP contribution in [0.5, 0.6) is 0 Å². The van der Waals surface area contributed by atoms with Crippen LogP contribution in [-0.4, -0.2) is 21.4 Å². The van der Waals surface area contributed by atoms with Crippen LogP contribution in [0.25, 0.3) is 0 Å². The first-order chi connectivity index (χ1) is 10.8. The Morgan fingerprint density at radius 3 is 2.36 bits per heavy atom. The molecule has 5 heteroatoms. The summed E-state index contributed by atoms with van der Waals surface area (Å²) in [6.45, 7) is 0. The summed E-state index contributed by atoms with van der Waals surface area (Å²) in [5.41, 5.74) is 2.87. The van der Waals surface area contributed by atoms with Gasteiger partial charge in [-0.15, -0.1) is 5.10 Å². The van der Waals surface area contributed by atoms with Gasteiger partial charge in [-0.2, -0.15) is 5.10 Å². The zero-order valence-electron chi connectivity index (χ0n) is 11.7. The Balaban J connectivity index is 1.98. The summed E-state index contributed by atoms with van der Waals surface area (Å²) >= 11 is 6.00. The third kappa shape index (κ3) is 3.35. The van der Waals surface area contributed by atoms with E-state index < -0.39 is 0 Å². The van der Waals surface area contributed by atoms with E-state index in [0.29, 0.717) is 10.8 Å². The number of rotatable bonds is 4. The van der Waals surface area contributed by atoms with Crippen molar-refractivity contribution in [3.8, 4) is 0 Å². The van der Waals surface area contributed by atoms with Gasteiger partial charge in [-0.05, 0) is 29.3 Å². The summed E-state index contributed by atoms with van der Waals surface area (Å²) in [6.07, 6.45) is 7.00. The molecule has 0 fully saturated rings. The molecule has 1 aromatic carbocycles. The van der Waals surface area contributed by atoms with E-state index >= 15 is 0 Å². The van der Waals surface area contributed by atoms with Gasteiger partial charge in [-0.3, -0.25) is 9.98 Å². The molecule has 1 atom stereocenters. The summed E-state index contributed by atoms with van der Waals surface area (Å²) in [5.74, 6) is 0.0217. The molecule has 0 amide bonds. The van der Waals surface area contributed by atoms with Gasteiger partial charge < -0.3 is 0 Å². The number of nitrogens with zero attached hydrogens (tertiary/aromatic N) is 4. The molecule has 0 aliphatic heterocycles. The lowest BCUT2D eigenvalue weighted by Gasteiger charge is -2.13. The van der Waals surface area contributed by atoms with Crippen molar-refractivity contribution in [1.29, 1.82) is 0 Å². The molecule has 0 saturated heterocycles. The molecule has 0 spiro atoms. The standard InChI is InChI=1S/C17H13ClN4/c18-17-16(8-11-21-22-17)20-12-15(13-4-2-1-3-5-13)14-6-9-19-10-7-14/h1-12,15H. The highest BCUT2D eigenvalue weighted by molar-refractivity contribution is 6.31. The maximum atomic E-state index is 6.00. The van der Waals surface area contributed by atoms with Crippen LogP contribution in [0.1, 0.15) is 17.0 Å². The molecule has 0 aliphatic carbocycles. The van der Waals surface area contributed by atoms with Crippen molar-refractivity contribution in [2.24, 2.45) is 4.99 Å². The normalized spacial score (nSPS) is 12.4. The highest BCUT2D eigenvalue weighted by atomic mass is 35.5. The van der Waals surface area contributed by atoms with Gasteiger partial charge in [0.05, 0.1) is 6.20 Å². The lowest BCUT2D eigenvalue weighted by molar-refractivity contribution is 1.03. The largest absolute Gasteiger partial charge is 0.265 e. The van der Waals surface area contributed by atoms with Crippen molar-refractivity contribution in [3.63, 3.8) is 0 Å². The summed E-state index contributed by atoms with van der Waals surface area (Å²) in [5, 5.41) is 7.81. The van der Waals surface area contributed by atoms with Gasteiger partial charge in [-0.1, -0.05) is 41.9 Å². The SMILES string of the molecule is Clc1nnccc1N=CC(c1ccccc1)c1ccncc1. The fourth-order valence-electron chi connectivity index (χ4n) is 2.15. The Morgan fingerprint density at radius 2 is 1.64 bits per heavy atom.